The molecular formula is C48H56O28. The highest BCUT2D eigenvalue weighted by Gasteiger charge is 2.53. The maximum atomic E-state index is 14.6. The highest BCUT2D eigenvalue weighted by Crippen LogP contribution is 2.40. The van der Waals surface area contributed by atoms with Crippen LogP contribution >= 0.6 is 0 Å². The molecule has 4 aromatic rings. The number of fused-ring (bicyclic) bond motifs is 1. The number of aliphatic hydroxyl groups is 12. The highest BCUT2D eigenvalue weighted by atomic mass is 16.8. The number of aliphatic hydroxyl groups excluding tert-OH is 12. The molecule has 0 amide bonds. The second-order valence-electron chi connectivity index (χ2n) is 18.2. The smallest absolute Gasteiger partial charge is 0.331 e. The number of phenols is 4. The van der Waals surface area contributed by atoms with Crippen molar-refractivity contribution < 1.29 is 134 Å². The molecule has 28 nitrogen and oxygen atoms in total. The van der Waals surface area contributed by atoms with Gasteiger partial charge in [-0.05, 0) is 55.0 Å². The lowest BCUT2D eigenvalue weighted by molar-refractivity contribution is -0.359. The molecule has 0 radical (unpaired) electrons. The molecule has 4 fully saturated rings. The summed E-state index contributed by atoms with van der Waals surface area (Å²) in [6.45, 7) is -1.21. The van der Waals surface area contributed by atoms with Gasteiger partial charge in [0.1, 0.15) is 114 Å². The Hall–Kier alpha value is -5.84. The van der Waals surface area contributed by atoms with Crippen LogP contribution in [-0.4, -0.2) is 230 Å². The summed E-state index contributed by atoms with van der Waals surface area (Å²) in [5.74, 6) is -4.89. The second-order valence-corrected chi connectivity index (χ2v) is 18.2. The maximum absolute atomic E-state index is 14.6. The highest BCUT2D eigenvalue weighted by molar-refractivity contribution is 5.89. The van der Waals surface area contributed by atoms with E-state index in [9.17, 15) is 91.3 Å². The van der Waals surface area contributed by atoms with E-state index in [4.69, 9.17) is 47.0 Å². The Kier molecular flexibility index (Phi) is 17.4. The number of ether oxygens (including phenoxy) is 9. The van der Waals surface area contributed by atoms with Crippen molar-refractivity contribution in [2.24, 2.45) is 0 Å². The van der Waals surface area contributed by atoms with Crippen LogP contribution in [0.3, 0.4) is 0 Å². The largest absolute Gasteiger partial charge is 0.508 e. The number of hydrogen-bond donors (Lipinski definition) is 16. The van der Waals surface area contributed by atoms with E-state index in [0.29, 0.717) is 0 Å². The first-order valence-electron chi connectivity index (χ1n) is 23.4. The summed E-state index contributed by atoms with van der Waals surface area (Å²) in [6, 6.07) is 10.4. The topological polar surface area (TPSA) is 454 Å². The Morgan fingerprint density at radius 1 is 0.592 bits per heavy atom. The predicted molar refractivity (Wildman–Crippen MR) is 247 cm³/mol. The molecule has 1 aromatic heterocycles. The van der Waals surface area contributed by atoms with E-state index >= 15 is 0 Å². The van der Waals surface area contributed by atoms with Crippen LogP contribution in [0, 0.1) is 0 Å². The zero-order valence-electron chi connectivity index (χ0n) is 39.6. The minimum absolute atomic E-state index is 0.00784. The zero-order valence-corrected chi connectivity index (χ0v) is 39.6. The van der Waals surface area contributed by atoms with Crippen molar-refractivity contribution in [3.63, 3.8) is 0 Å². The Labute approximate surface area is 427 Å². The van der Waals surface area contributed by atoms with Crippen LogP contribution in [0.1, 0.15) is 12.5 Å². The standard InChI is InChI=1S/C48H56O28/c1-16-30(56)34(60)38(64)45(68-16)67-15-27-42(75-46-39(65)35(61)31(57)25(13-49)71-46)37(63)40(66)47(73-27)76-43-33(59)29-23(54)11-20(12-24(29)70-41(43)18-4-6-19(51)7-5-18)69-48-44(36(62)32(58)26(14-50)72-48)74-28(55)9-3-17-2-8-21(52)22(53)10-17/h2-12,16,25-27,30-32,34-40,42,44-54,56-58,60-66H,13-15H2,1H3/b9-3+/t16-,25+,26+,27+,30-,31+,32+,34+,35-,36-,37+,38+,39+,40+,42+,44+,45+,46-,47-,48+/m0/s1. The van der Waals surface area contributed by atoms with E-state index in [1.165, 1.54) is 43.3 Å². The third-order valence-corrected chi connectivity index (χ3v) is 13.0. The van der Waals surface area contributed by atoms with E-state index in [1.807, 2.05) is 0 Å². The molecule has 0 aliphatic carbocycles. The van der Waals surface area contributed by atoms with Crippen LogP contribution in [0.2, 0.25) is 0 Å². The second kappa shape index (κ2) is 23.4. The molecule has 28 heteroatoms. The van der Waals surface area contributed by atoms with Gasteiger partial charge >= 0.3 is 5.97 Å². The number of hydrogen-bond acceptors (Lipinski definition) is 28. The van der Waals surface area contributed by atoms with E-state index in [0.717, 1.165) is 30.3 Å². The van der Waals surface area contributed by atoms with Crippen molar-refractivity contribution in [3.05, 3.63) is 76.5 Å². The third-order valence-electron chi connectivity index (χ3n) is 13.0. The van der Waals surface area contributed by atoms with Gasteiger partial charge in [0.2, 0.25) is 23.8 Å². The average molecular weight is 1080 g/mol. The fourth-order valence-corrected chi connectivity index (χ4v) is 8.73. The van der Waals surface area contributed by atoms with Gasteiger partial charge in [0, 0.05) is 23.8 Å². The molecule has 0 bridgehead atoms. The van der Waals surface area contributed by atoms with Gasteiger partial charge in [-0.25, -0.2) is 4.79 Å². The van der Waals surface area contributed by atoms with Crippen LogP contribution in [0.25, 0.3) is 28.4 Å². The molecule has 16 N–H and O–H groups in total. The Morgan fingerprint density at radius 3 is 1.87 bits per heavy atom. The van der Waals surface area contributed by atoms with E-state index < -0.39 is 200 Å². The molecule has 0 saturated carbocycles. The summed E-state index contributed by atoms with van der Waals surface area (Å²) < 4.78 is 57.6. The average Bonchev–Trinajstić information content (AvgIpc) is 3.39. The zero-order chi connectivity index (χ0) is 55.0. The fourth-order valence-electron chi connectivity index (χ4n) is 8.73. The lowest BCUT2D eigenvalue weighted by atomic mass is 9.96. The summed E-state index contributed by atoms with van der Waals surface area (Å²) in [6.07, 6.45) is -34.4. The van der Waals surface area contributed by atoms with Crippen LogP contribution < -0.4 is 14.9 Å². The van der Waals surface area contributed by atoms with Gasteiger partial charge in [-0.15, -0.1) is 0 Å². The monoisotopic (exact) mass is 1080 g/mol. The summed E-state index contributed by atoms with van der Waals surface area (Å²) >= 11 is 0. The van der Waals surface area contributed by atoms with Crippen molar-refractivity contribution in [2.75, 3.05) is 19.8 Å². The molecule has 4 saturated heterocycles. The first-order valence-corrected chi connectivity index (χ1v) is 23.4. The number of aromatic hydroxyl groups is 4. The summed E-state index contributed by atoms with van der Waals surface area (Å²) in [5, 5.41) is 168. The molecule has 5 heterocycles. The molecule has 4 aliphatic heterocycles. The summed E-state index contributed by atoms with van der Waals surface area (Å²) in [7, 11) is 0. The minimum Gasteiger partial charge on any atom is -0.508 e. The molecule has 8 rings (SSSR count). The van der Waals surface area contributed by atoms with Gasteiger partial charge in [-0.3, -0.25) is 4.79 Å². The molecule has 416 valence electrons. The molecule has 0 spiro atoms. The van der Waals surface area contributed by atoms with Crippen molar-refractivity contribution in [1.29, 1.82) is 0 Å². The lowest BCUT2D eigenvalue weighted by Crippen LogP contribution is -2.65. The summed E-state index contributed by atoms with van der Waals surface area (Å²) in [4.78, 5) is 27.7. The fraction of sp³-hybridized carbons (Fsp3) is 0.500. The Balaban J connectivity index is 1.11. The number of carbonyl (C=O) groups excluding carboxylic acids is 1. The van der Waals surface area contributed by atoms with Crippen LogP contribution in [0.5, 0.6) is 34.5 Å². The van der Waals surface area contributed by atoms with Crippen molar-refractivity contribution in [1.82, 2.24) is 0 Å². The number of benzene rings is 3. The van der Waals surface area contributed by atoms with Crippen LogP contribution in [0.4, 0.5) is 0 Å². The lowest BCUT2D eigenvalue weighted by Gasteiger charge is -2.46. The van der Waals surface area contributed by atoms with E-state index in [2.05, 4.69) is 0 Å². The summed E-state index contributed by atoms with van der Waals surface area (Å²) in [5.41, 5.74) is -1.41. The van der Waals surface area contributed by atoms with Gasteiger partial charge in [-0.1, -0.05) is 6.07 Å². The van der Waals surface area contributed by atoms with Crippen molar-refractivity contribution >= 4 is 23.0 Å². The van der Waals surface area contributed by atoms with Gasteiger partial charge in [0.05, 0.1) is 25.9 Å². The normalized spacial score (nSPS) is 36.0. The SMILES string of the molecule is C[C@@H]1O[C@@H](OC[C@H]2O[C@@H](Oc3c(-c4ccc(O)cc4)oc4cc(O[C@@H]5O[C@H](CO)[C@@H](O)[C@H](O)[C@H]5OC(=O)/C=C/c5ccc(O)c(O)c5)cc(O)c4c3=O)[C@H](O)[C@@H](O)[C@@H]2O[C@@H]2O[C@H](CO)[C@@H](O)[C@H](O)[C@H]2O)[C@H](O)[C@H](O)[C@H]1O. The minimum atomic E-state index is -2.24. The van der Waals surface area contributed by atoms with Gasteiger partial charge in [0.15, 0.2) is 35.9 Å². The molecular weight excluding hydrogens is 1020 g/mol. The predicted octanol–water partition coefficient (Wildman–Crippen LogP) is -4.42. The Morgan fingerprint density at radius 2 is 1.20 bits per heavy atom. The number of carbonyl (C=O) groups is 1. The van der Waals surface area contributed by atoms with Gasteiger partial charge in [0.25, 0.3) is 0 Å². The van der Waals surface area contributed by atoms with Crippen LogP contribution in [0.15, 0.2) is 69.9 Å². The maximum Gasteiger partial charge on any atom is 0.331 e. The first kappa shape index (κ1) is 56.4. The number of esters is 1. The number of rotatable bonds is 15. The Bertz CT molecular complexity index is 2730. The molecule has 3 aromatic carbocycles. The van der Waals surface area contributed by atoms with Crippen LogP contribution in [-0.2, 0) is 38.0 Å². The quantitative estimate of drug-likeness (QED) is 0.0303. The van der Waals surface area contributed by atoms with Crippen molar-refractivity contribution in [2.45, 2.75) is 130 Å². The molecule has 4 aliphatic rings. The molecule has 0 unspecified atom stereocenters. The first-order chi connectivity index (χ1) is 36.1. The molecule has 20 atom stereocenters. The third kappa shape index (κ3) is 11.5. The van der Waals surface area contributed by atoms with E-state index in [1.54, 1.807) is 0 Å². The molecule has 76 heavy (non-hydrogen) atoms. The van der Waals surface area contributed by atoms with Gasteiger partial charge < -0.3 is 129 Å². The van der Waals surface area contributed by atoms with E-state index in [-0.39, 0.29) is 16.9 Å². The van der Waals surface area contributed by atoms with Gasteiger partial charge in [-0.2, -0.15) is 0 Å². The van der Waals surface area contributed by atoms with Crippen molar-refractivity contribution in [3.8, 4) is 45.8 Å². The number of phenolic OH excluding ortho intramolecular Hbond substituents is 4.